The minimum atomic E-state index is -0.488. The quantitative estimate of drug-likeness (QED) is 0.468. The number of fused-ring (bicyclic) bond motifs is 1. The summed E-state index contributed by atoms with van der Waals surface area (Å²) in [5.41, 5.74) is 1.72. The van der Waals surface area contributed by atoms with Crippen LogP contribution in [0.2, 0.25) is 0 Å². The van der Waals surface area contributed by atoms with E-state index < -0.39 is 5.63 Å². The van der Waals surface area contributed by atoms with E-state index in [-0.39, 0.29) is 18.6 Å². The predicted octanol–water partition coefficient (Wildman–Crippen LogP) is 3.00. The standard InChI is InChI=1S/C18H14BrN3O4S/c1-9-12(4-5-23)16(24)22(21-9)18-20-14(8-27-18)13-7-10-6-11(19)2-3-15(10)26-17(13)25/h2-3,6-8,21,23H,4-5H2,1H3. The lowest BCUT2D eigenvalue weighted by atomic mass is 10.1. The van der Waals surface area contributed by atoms with Gasteiger partial charge in [0.25, 0.3) is 5.56 Å². The molecular formula is C18H14BrN3O4S. The molecule has 9 heteroatoms. The van der Waals surface area contributed by atoms with Gasteiger partial charge >= 0.3 is 5.63 Å². The van der Waals surface area contributed by atoms with Crippen molar-refractivity contribution >= 4 is 38.2 Å². The zero-order valence-electron chi connectivity index (χ0n) is 14.2. The average molecular weight is 448 g/mol. The third kappa shape index (κ3) is 3.18. The van der Waals surface area contributed by atoms with Crippen molar-refractivity contribution in [1.82, 2.24) is 14.8 Å². The molecule has 0 bridgehead atoms. The van der Waals surface area contributed by atoms with Gasteiger partial charge < -0.3 is 9.52 Å². The maximum absolute atomic E-state index is 12.5. The Labute approximate surface area is 165 Å². The minimum Gasteiger partial charge on any atom is -0.422 e. The largest absolute Gasteiger partial charge is 0.422 e. The molecule has 3 aromatic heterocycles. The van der Waals surface area contributed by atoms with Crippen molar-refractivity contribution in [2.24, 2.45) is 0 Å². The first-order valence-electron chi connectivity index (χ1n) is 8.09. The van der Waals surface area contributed by atoms with Crippen LogP contribution in [0.1, 0.15) is 11.3 Å². The maximum atomic E-state index is 12.5. The van der Waals surface area contributed by atoms with E-state index in [9.17, 15) is 9.59 Å². The number of hydrogen-bond acceptors (Lipinski definition) is 6. The van der Waals surface area contributed by atoms with Crippen LogP contribution in [0.5, 0.6) is 0 Å². The molecule has 2 N–H and O–H groups in total. The molecule has 0 saturated carbocycles. The van der Waals surface area contributed by atoms with Crippen LogP contribution in [0.3, 0.4) is 0 Å². The van der Waals surface area contributed by atoms with Gasteiger partial charge in [-0.3, -0.25) is 9.89 Å². The molecule has 0 radical (unpaired) electrons. The van der Waals surface area contributed by atoms with Crippen molar-refractivity contribution < 1.29 is 9.52 Å². The van der Waals surface area contributed by atoms with Gasteiger partial charge in [-0.1, -0.05) is 15.9 Å². The number of benzene rings is 1. The van der Waals surface area contributed by atoms with Gasteiger partial charge in [-0.05, 0) is 31.2 Å². The number of nitrogens with zero attached hydrogens (tertiary/aromatic N) is 2. The topological polar surface area (TPSA) is 101 Å². The molecule has 0 saturated heterocycles. The average Bonchev–Trinajstić information content (AvgIpc) is 3.22. The normalized spacial score (nSPS) is 11.4. The van der Waals surface area contributed by atoms with Gasteiger partial charge in [-0.25, -0.2) is 9.78 Å². The number of nitrogens with one attached hydrogen (secondary N) is 1. The van der Waals surface area contributed by atoms with E-state index in [2.05, 4.69) is 26.0 Å². The highest BCUT2D eigenvalue weighted by Crippen LogP contribution is 2.26. The first-order valence-corrected chi connectivity index (χ1v) is 9.76. The predicted molar refractivity (Wildman–Crippen MR) is 107 cm³/mol. The Morgan fingerprint density at radius 3 is 2.93 bits per heavy atom. The second kappa shape index (κ2) is 6.91. The van der Waals surface area contributed by atoms with Crippen LogP contribution >= 0.6 is 27.3 Å². The fourth-order valence-corrected chi connectivity index (χ4v) is 4.05. The van der Waals surface area contributed by atoms with Crippen LogP contribution in [0, 0.1) is 6.92 Å². The second-order valence-electron chi connectivity index (χ2n) is 5.97. The van der Waals surface area contributed by atoms with Gasteiger partial charge in [0.15, 0.2) is 0 Å². The Kier molecular flexibility index (Phi) is 4.58. The van der Waals surface area contributed by atoms with Crippen molar-refractivity contribution in [3.05, 3.63) is 66.1 Å². The number of aromatic nitrogens is 3. The summed E-state index contributed by atoms with van der Waals surface area (Å²) >= 11 is 4.64. The second-order valence-corrected chi connectivity index (χ2v) is 7.73. The van der Waals surface area contributed by atoms with Crippen molar-refractivity contribution in [2.75, 3.05) is 6.61 Å². The molecule has 0 aliphatic heterocycles. The summed E-state index contributed by atoms with van der Waals surface area (Å²) in [6.07, 6.45) is 0.273. The first-order chi connectivity index (χ1) is 13.0. The number of rotatable bonds is 4. The third-order valence-electron chi connectivity index (χ3n) is 4.21. The monoisotopic (exact) mass is 447 g/mol. The summed E-state index contributed by atoms with van der Waals surface area (Å²) in [7, 11) is 0. The SMILES string of the molecule is Cc1[nH]n(-c2nc(-c3cc4cc(Br)ccc4oc3=O)cs2)c(=O)c1CCO. The Bertz CT molecular complexity index is 1270. The fraction of sp³-hybridized carbons (Fsp3) is 0.167. The van der Waals surface area contributed by atoms with Crippen LogP contribution in [0.25, 0.3) is 27.4 Å². The fourth-order valence-electron chi connectivity index (χ4n) is 2.89. The number of aliphatic hydroxyl groups excluding tert-OH is 1. The number of aromatic amines is 1. The first kappa shape index (κ1) is 17.9. The molecule has 3 heterocycles. The summed E-state index contributed by atoms with van der Waals surface area (Å²) < 4.78 is 7.58. The van der Waals surface area contributed by atoms with E-state index >= 15 is 0 Å². The smallest absolute Gasteiger partial charge is 0.345 e. The van der Waals surface area contributed by atoms with E-state index in [1.807, 2.05) is 6.07 Å². The van der Waals surface area contributed by atoms with Crippen molar-refractivity contribution in [3.63, 3.8) is 0 Å². The van der Waals surface area contributed by atoms with Gasteiger partial charge in [0.2, 0.25) is 5.13 Å². The molecule has 0 amide bonds. The minimum absolute atomic E-state index is 0.106. The van der Waals surface area contributed by atoms with Crippen LogP contribution in [-0.2, 0) is 6.42 Å². The molecule has 0 spiro atoms. The molecule has 0 aliphatic carbocycles. The van der Waals surface area contributed by atoms with E-state index in [1.165, 1.54) is 16.0 Å². The molecule has 0 fully saturated rings. The van der Waals surface area contributed by atoms with E-state index in [0.29, 0.717) is 33.2 Å². The Morgan fingerprint density at radius 1 is 1.33 bits per heavy atom. The highest BCUT2D eigenvalue weighted by molar-refractivity contribution is 9.10. The van der Waals surface area contributed by atoms with Gasteiger partial charge in [0.1, 0.15) is 5.58 Å². The van der Waals surface area contributed by atoms with Crippen LogP contribution in [-0.4, -0.2) is 26.5 Å². The zero-order chi connectivity index (χ0) is 19.1. The highest BCUT2D eigenvalue weighted by atomic mass is 79.9. The number of aliphatic hydroxyl groups is 1. The lowest BCUT2D eigenvalue weighted by Gasteiger charge is -2.00. The molecule has 27 heavy (non-hydrogen) atoms. The lowest BCUT2D eigenvalue weighted by molar-refractivity contribution is 0.299. The summed E-state index contributed by atoms with van der Waals surface area (Å²) in [6, 6.07) is 7.11. The number of halogens is 1. The van der Waals surface area contributed by atoms with Crippen molar-refractivity contribution in [3.8, 4) is 16.4 Å². The number of aryl methyl sites for hydroxylation is 1. The van der Waals surface area contributed by atoms with E-state index in [1.54, 1.807) is 30.5 Å². The molecule has 138 valence electrons. The van der Waals surface area contributed by atoms with Crippen LogP contribution in [0.15, 0.2) is 48.1 Å². The molecular weight excluding hydrogens is 434 g/mol. The van der Waals surface area contributed by atoms with E-state index in [0.717, 1.165) is 9.86 Å². The molecule has 0 atom stereocenters. The van der Waals surface area contributed by atoms with Gasteiger partial charge in [0.05, 0.1) is 11.3 Å². The van der Waals surface area contributed by atoms with Crippen LogP contribution < -0.4 is 11.2 Å². The summed E-state index contributed by atoms with van der Waals surface area (Å²) in [5, 5.41) is 15.0. The van der Waals surface area contributed by atoms with Crippen molar-refractivity contribution in [2.45, 2.75) is 13.3 Å². The highest BCUT2D eigenvalue weighted by Gasteiger charge is 2.17. The number of thiazole rings is 1. The van der Waals surface area contributed by atoms with Gasteiger partial charge in [-0.15, -0.1) is 11.3 Å². The number of H-pyrrole nitrogens is 1. The lowest BCUT2D eigenvalue weighted by Crippen LogP contribution is -2.18. The van der Waals surface area contributed by atoms with Crippen molar-refractivity contribution in [1.29, 1.82) is 0 Å². The summed E-state index contributed by atoms with van der Waals surface area (Å²) in [5.74, 6) is 0. The Hall–Kier alpha value is -2.49. The van der Waals surface area contributed by atoms with Crippen LogP contribution in [0.4, 0.5) is 0 Å². The molecule has 4 aromatic rings. The molecule has 0 unspecified atom stereocenters. The number of hydrogen-bond donors (Lipinski definition) is 2. The zero-order valence-corrected chi connectivity index (χ0v) is 16.6. The van der Waals surface area contributed by atoms with Gasteiger partial charge in [-0.2, -0.15) is 4.68 Å². The molecule has 1 aromatic carbocycles. The Morgan fingerprint density at radius 2 is 2.15 bits per heavy atom. The maximum Gasteiger partial charge on any atom is 0.345 e. The van der Waals surface area contributed by atoms with Gasteiger partial charge in [0, 0.05) is 39.5 Å². The Balaban J connectivity index is 1.81. The summed E-state index contributed by atoms with van der Waals surface area (Å²) in [6.45, 7) is 1.66. The molecule has 0 aliphatic rings. The van der Waals surface area contributed by atoms with E-state index in [4.69, 9.17) is 9.52 Å². The summed E-state index contributed by atoms with van der Waals surface area (Å²) in [4.78, 5) is 29.3. The third-order valence-corrected chi connectivity index (χ3v) is 5.53. The molecule has 7 nitrogen and oxygen atoms in total. The molecule has 4 rings (SSSR count).